The maximum absolute atomic E-state index is 11.3. The van der Waals surface area contributed by atoms with E-state index in [1.165, 1.54) is 19.3 Å². The summed E-state index contributed by atoms with van der Waals surface area (Å²) in [5.74, 6) is 0.848. The second kappa shape index (κ2) is 5.50. The quantitative estimate of drug-likeness (QED) is 0.542. The summed E-state index contributed by atoms with van der Waals surface area (Å²) < 4.78 is 5.20. The molecule has 15 heavy (non-hydrogen) atoms. The van der Waals surface area contributed by atoms with Crippen molar-refractivity contribution in [2.24, 2.45) is 5.92 Å². The van der Waals surface area contributed by atoms with Crippen LogP contribution in [0.1, 0.15) is 46.5 Å². The van der Waals surface area contributed by atoms with E-state index in [9.17, 15) is 4.79 Å². The Hall–Kier alpha value is -0.570. The molecule has 1 rings (SSSR count). The molecule has 0 saturated heterocycles. The molecule has 0 radical (unpaired) electrons. The zero-order valence-corrected chi connectivity index (χ0v) is 10.1. The van der Waals surface area contributed by atoms with Gasteiger partial charge in [0.05, 0.1) is 6.42 Å². The van der Waals surface area contributed by atoms with Crippen molar-refractivity contribution in [1.29, 1.82) is 0 Å². The number of nitrogens with one attached hydrogen (secondary N) is 1. The minimum absolute atomic E-state index is 0.110. The molecule has 0 bridgehead atoms. The van der Waals surface area contributed by atoms with Crippen LogP contribution < -0.4 is 5.32 Å². The summed E-state index contributed by atoms with van der Waals surface area (Å²) in [6, 6.07) is 0. The lowest BCUT2D eigenvalue weighted by molar-refractivity contribution is -0.154. The van der Waals surface area contributed by atoms with Crippen molar-refractivity contribution >= 4 is 5.97 Å². The standard InChI is InChI=1S/C12H23NO2/c1-12(2,3)15-11(14)7-9-13-8-6-10-4-5-10/h10,13H,4-9H2,1-3H3. The highest BCUT2D eigenvalue weighted by Gasteiger charge is 2.20. The van der Waals surface area contributed by atoms with Gasteiger partial charge < -0.3 is 10.1 Å². The molecular weight excluding hydrogens is 190 g/mol. The minimum Gasteiger partial charge on any atom is -0.460 e. The van der Waals surface area contributed by atoms with E-state index in [1.807, 2.05) is 20.8 Å². The predicted molar refractivity (Wildman–Crippen MR) is 60.7 cm³/mol. The Morgan fingerprint density at radius 1 is 1.33 bits per heavy atom. The number of hydrogen-bond acceptors (Lipinski definition) is 3. The molecule has 1 N–H and O–H groups in total. The van der Waals surface area contributed by atoms with Gasteiger partial charge in [0.15, 0.2) is 0 Å². The van der Waals surface area contributed by atoms with Gasteiger partial charge in [0.1, 0.15) is 5.60 Å². The highest BCUT2D eigenvalue weighted by molar-refractivity contribution is 5.70. The summed E-state index contributed by atoms with van der Waals surface area (Å²) in [6.45, 7) is 7.46. The van der Waals surface area contributed by atoms with Crippen LogP contribution in [0.5, 0.6) is 0 Å². The summed E-state index contributed by atoms with van der Waals surface area (Å²) in [5, 5.41) is 3.27. The summed E-state index contributed by atoms with van der Waals surface area (Å²) >= 11 is 0. The van der Waals surface area contributed by atoms with Crippen molar-refractivity contribution in [3.05, 3.63) is 0 Å². The van der Waals surface area contributed by atoms with Crippen LogP contribution in [-0.4, -0.2) is 24.7 Å². The second-order valence-electron chi connectivity index (χ2n) is 5.32. The van der Waals surface area contributed by atoms with Gasteiger partial charge in [-0.15, -0.1) is 0 Å². The highest BCUT2D eigenvalue weighted by Crippen LogP contribution is 2.31. The molecule has 0 unspecified atom stereocenters. The van der Waals surface area contributed by atoms with Crippen LogP contribution in [0.25, 0.3) is 0 Å². The number of carbonyl (C=O) groups is 1. The molecule has 3 nitrogen and oxygen atoms in total. The van der Waals surface area contributed by atoms with Gasteiger partial charge in [-0.05, 0) is 39.7 Å². The smallest absolute Gasteiger partial charge is 0.307 e. The first-order valence-electron chi connectivity index (χ1n) is 5.90. The van der Waals surface area contributed by atoms with E-state index in [1.54, 1.807) is 0 Å². The average Bonchev–Trinajstić information content (AvgIpc) is 2.83. The Balaban J connectivity index is 1.91. The SMILES string of the molecule is CC(C)(C)OC(=O)CCNCCC1CC1. The number of rotatable bonds is 6. The summed E-state index contributed by atoms with van der Waals surface area (Å²) in [5.41, 5.74) is -0.356. The molecule has 0 atom stereocenters. The molecule has 0 heterocycles. The average molecular weight is 213 g/mol. The van der Waals surface area contributed by atoms with Gasteiger partial charge in [-0.1, -0.05) is 12.8 Å². The van der Waals surface area contributed by atoms with Gasteiger partial charge in [0, 0.05) is 6.54 Å². The predicted octanol–water partition coefficient (Wildman–Crippen LogP) is 2.11. The van der Waals surface area contributed by atoms with Gasteiger partial charge in [0.2, 0.25) is 0 Å². The number of esters is 1. The van der Waals surface area contributed by atoms with E-state index in [0.29, 0.717) is 6.42 Å². The van der Waals surface area contributed by atoms with Crippen molar-refractivity contribution < 1.29 is 9.53 Å². The van der Waals surface area contributed by atoms with Crippen molar-refractivity contribution in [2.75, 3.05) is 13.1 Å². The molecule has 0 amide bonds. The largest absolute Gasteiger partial charge is 0.460 e. The van der Waals surface area contributed by atoms with Crippen molar-refractivity contribution in [3.8, 4) is 0 Å². The first kappa shape index (κ1) is 12.5. The molecule has 0 aliphatic heterocycles. The third kappa shape index (κ3) is 7.37. The lowest BCUT2D eigenvalue weighted by atomic mass is 10.2. The third-order valence-electron chi connectivity index (χ3n) is 2.35. The van der Waals surface area contributed by atoms with Gasteiger partial charge in [-0.3, -0.25) is 4.79 Å². The zero-order valence-electron chi connectivity index (χ0n) is 10.1. The fraction of sp³-hybridized carbons (Fsp3) is 0.917. The lowest BCUT2D eigenvalue weighted by Gasteiger charge is -2.19. The Morgan fingerprint density at radius 2 is 2.00 bits per heavy atom. The lowest BCUT2D eigenvalue weighted by Crippen LogP contribution is -2.27. The van der Waals surface area contributed by atoms with Gasteiger partial charge in [-0.2, -0.15) is 0 Å². The van der Waals surface area contributed by atoms with Crippen molar-refractivity contribution in [1.82, 2.24) is 5.32 Å². The molecule has 0 aromatic rings. The van der Waals surface area contributed by atoms with Crippen molar-refractivity contribution in [3.63, 3.8) is 0 Å². The molecular formula is C12H23NO2. The molecule has 0 aromatic heterocycles. The van der Waals surface area contributed by atoms with Gasteiger partial charge in [-0.25, -0.2) is 0 Å². The fourth-order valence-corrected chi connectivity index (χ4v) is 1.42. The first-order chi connectivity index (χ1) is 6.97. The molecule has 0 aromatic carbocycles. The molecule has 3 heteroatoms. The second-order valence-corrected chi connectivity index (χ2v) is 5.32. The normalized spacial score (nSPS) is 16.5. The molecule has 1 fully saturated rings. The summed E-state index contributed by atoms with van der Waals surface area (Å²) in [6.07, 6.45) is 4.53. The van der Waals surface area contributed by atoms with Crippen LogP contribution >= 0.6 is 0 Å². The Morgan fingerprint density at radius 3 is 2.53 bits per heavy atom. The van der Waals surface area contributed by atoms with Crippen molar-refractivity contribution in [2.45, 2.75) is 52.1 Å². The summed E-state index contributed by atoms with van der Waals surface area (Å²) in [7, 11) is 0. The third-order valence-corrected chi connectivity index (χ3v) is 2.35. The molecule has 1 saturated carbocycles. The van der Waals surface area contributed by atoms with E-state index >= 15 is 0 Å². The Labute approximate surface area is 92.6 Å². The fourth-order valence-electron chi connectivity index (χ4n) is 1.42. The van der Waals surface area contributed by atoms with E-state index in [2.05, 4.69) is 5.32 Å². The summed E-state index contributed by atoms with van der Waals surface area (Å²) in [4.78, 5) is 11.3. The minimum atomic E-state index is -0.356. The topological polar surface area (TPSA) is 38.3 Å². The van der Waals surface area contributed by atoms with Crippen LogP contribution in [-0.2, 0) is 9.53 Å². The number of carbonyl (C=O) groups excluding carboxylic acids is 1. The van der Waals surface area contributed by atoms with E-state index in [0.717, 1.165) is 19.0 Å². The van der Waals surface area contributed by atoms with Crippen LogP contribution in [0.2, 0.25) is 0 Å². The number of hydrogen-bond donors (Lipinski definition) is 1. The van der Waals surface area contributed by atoms with E-state index < -0.39 is 0 Å². The van der Waals surface area contributed by atoms with Gasteiger partial charge >= 0.3 is 5.97 Å². The zero-order chi connectivity index (χ0) is 11.3. The van der Waals surface area contributed by atoms with E-state index in [-0.39, 0.29) is 11.6 Å². The Kier molecular flexibility index (Phi) is 4.58. The monoisotopic (exact) mass is 213 g/mol. The van der Waals surface area contributed by atoms with E-state index in [4.69, 9.17) is 4.74 Å². The maximum atomic E-state index is 11.3. The molecule has 0 spiro atoms. The highest BCUT2D eigenvalue weighted by atomic mass is 16.6. The Bertz CT molecular complexity index is 204. The van der Waals surface area contributed by atoms with Crippen LogP contribution in [0.15, 0.2) is 0 Å². The molecule has 88 valence electrons. The number of ether oxygens (including phenoxy) is 1. The van der Waals surface area contributed by atoms with Crippen LogP contribution in [0.4, 0.5) is 0 Å². The van der Waals surface area contributed by atoms with Crippen LogP contribution in [0.3, 0.4) is 0 Å². The molecule has 1 aliphatic carbocycles. The van der Waals surface area contributed by atoms with Crippen LogP contribution in [0, 0.1) is 5.92 Å². The first-order valence-corrected chi connectivity index (χ1v) is 5.90. The molecule has 1 aliphatic rings. The maximum Gasteiger partial charge on any atom is 0.307 e. The van der Waals surface area contributed by atoms with Gasteiger partial charge in [0.25, 0.3) is 0 Å².